The average molecular weight is 451 g/mol. The van der Waals surface area contributed by atoms with Crippen LogP contribution in [0.1, 0.15) is 37.7 Å². The first-order valence-electron chi connectivity index (χ1n) is 10.5. The van der Waals surface area contributed by atoms with Crippen LogP contribution in [0.25, 0.3) is 0 Å². The Balaban J connectivity index is 1.82. The van der Waals surface area contributed by atoms with Gasteiger partial charge in [0.15, 0.2) is 0 Å². The van der Waals surface area contributed by atoms with E-state index in [1.54, 1.807) is 13.1 Å². The molecule has 1 aliphatic rings. The molecule has 5 nitrogen and oxygen atoms in total. The summed E-state index contributed by atoms with van der Waals surface area (Å²) in [7, 11) is 1.60. The second-order valence-electron chi connectivity index (χ2n) is 7.46. The van der Waals surface area contributed by atoms with E-state index in [1.807, 2.05) is 18.2 Å². The standard InChI is InChI=1S/C24H28F3NO4/c1-28-23(31)10-5-3-2-4-9-21-17(12-14-22(21)30)11-13-19(29)16-32-20-8-6-7-18(15-20)24(25,26)27/h2,4,6-8,11-13,15,19,21,29H,3,5,9-10,14,16H2,1H3,(H,28,31)/b4-2-,13-11+/t19?,21-/m1/s1. The first-order chi connectivity index (χ1) is 15.2. The number of nitrogens with one attached hydrogen (secondary N) is 1. The molecule has 2 N–H and O–H groups in total. The minimum Gasteiger partial charge on any atom is -0.491 e. The molecule has 1 aromatic rings. The van der Waals surface area contributed by atoms with Crippen molar-refractivity contribution in [2.75, 3.05) is 13.7 Å². The van der Waals surface area contributed by atoms with Gasteiger partial charge in [0.2, 0.25) is 5.91 Å². The summed E-state index contributed by atoms with van der Waals surface area (Å²) in [5, 5.41) is 12.7. The Morgan fingerprint density at radius 2 is 2.12 bits per heavy atom. The number of unbranched alkanes of at least 4 members (excludes halogenated alkanes) is 1. The molecule has 0 radical (unpaired) electrons. The lowest BCUT2D eigenvalue weighted by Crippen LogP contribution is -2.16. The second-order valence-corrected chi connectivity index (χ2v) is 7.46. The van der Waals surface area contributed by atoms with Gasteiger partial charge in [0.1, 0.15) is 24.2 Å². The zero-order valence-corrected chi connectivity index (χ0v) is 17.9. The smallest absolute Gasteiger partial charge is 0.416 e. The molecule has 1 aliphatic carbocycles. The number of ether oxygens (including phenoxy) is 1. The zero-order chi connectivity index (χ0) is 23.6. The maximum absolute atomic E-state index is 12.8. The number of amides is 1. The minimum absolute atomic E-state index is 0.00433. The van der Waals surface area contributed by atoms with Gasteiger partial charge in [-0.25, -0.2) is 0 Å². The van der Waals surface area contributed by atoms with E-state index >= 15 is 0 Å². The summed E-state index contributed by atoms with van der Waals surface area (Å²) >= 11 is 0. The highest BCUT2D eigenvalue weighted by molar-refractivity contribution is 5.89. The van der Waals surface area contributed by atoms with Gasteiger partial charge in [-0.1, -0.05) is 36.4 Å². The van der Waals surface area contributed by atoms with Crippen molar-refractivity contribution >= 4 is 11.7 Å². The van der Waals surface area contributed by atoms with Crippen LogP contribution >= 0.6 is 0 Å². The van der Waals surface area contributed by atoms with Gasteiger partial charge in [-0.05, 0) is 43.0 Å². The van der Waals surface area contributed by atoms with Crippen molar-refractivity contribution in [3.8, 4) is 5.75 Å². The maximum atomic E-state index is 12.8. The number of carbonyl (C=O) groups excluding carboxylic acids is 2. The summed E-state index contributed by atoms with van der Waals surface area (Å²) < 4.78 is 43.5. The summed E-state index contributed by atoms with van der Waals surface area (Å²) in [4.78, 5) is 23.3. The largest absolute Gasteiger partial charge is 0.491 e. The molecule has 0 saturated heterocycles. The van der Waals surface area contributed by atoms with Crippen molar-refractivity contribution in [3.63, 3.8) is 0 Å². The van der Waals surface area contributed by atoms with Crippen LogP contribution in [0.4, 0.5) is 13.2 Å². The third-order valence-electron chi connectivity index (χ3n) is 5.01. The molecule has 2 rings (SSSR count). The summed E-state index contributed by atoms with van der Waals surface area (Å²) in [5.74, 6) is -0.190. The molecule has 0 aromatic heterocycles. The molecule has 0 bridgehead atoms. The second kappa shape index (κ2) is 12.2. The molecule has 0 aliphatic heterocycles. The van der Waals surface area contributed by atoms with Crippen LogP contribution in [0.2, 0.25) is 0 Å². The normalized spacial score (nSPS) is 17.7. The summed E-state index contributed by atoms with van der Waals surface area (Å²) in [6, 6.07) is 4.46. The number of rotatable bonds is 11. The van der Waals surface area contributed by atoms with Gasteiger partial charge in [0.25, 0.3) is 0 Å². The van der Waals surface area contributed by atoms with Crippen molar-refractivity contribution in [1.82, 2.24) is 5.32 Å². The molecular formula is C24H28F3NO4. The van der Waals surface area contributed by atoms with E-state index in [0.717, 1.165) is 30.5 Å². The van der Waals surface area contributed by atoms with Gasteiger partial charge in [-0.2, -0.15) is 13.2 Å². The lowest BCUT2D eigenvalue weighted by molar-refractivity contribution is -0.137. The summed E-state index contributed by atoms with van der Waals surface area (Å²) in [6.07, 6.45) is 6.10. The monoisotopic (exact) mass is 451 g/mol. The third-order valence-corrected chi connectivity index (χ3v) is 5.01. The molecule has 0 saturated carbocycles. The molecule has 8 heteroatoms. The fourth-order valence-electron chi connectivity index (χ4n) is 3.22. The third kappa shape index (κ3) is 8.34. The van der Waals surface area contributed by atoms with Crippen molar-refractivity contribution < 1.29 is 32.6 Å². The van der Waals surface area contributed by atoms with E-state index in [-0.39, 0.29) is 30.0 Å². The first-order valence-corrected chi connectivity index (χ1v) is 10.5. The van der Waals surface area contributed by atoms with Crippen molar-refractivity contribution in [2.24, 2.45) is 5.92 Å². The Kier molecular flexibility index (Phi) is 9.71. The number of alkyl halides is 3. The number of Topliss-reactive ketones (excluding diaryl/α,β-unsaturated/α-hetero) is 1. The molecule has 1 aromatic carbocycles. The van der Waals surface area contributed by atoms with Gasteiger partial charge in [-0.3, -0.25) is 9.59 Å². The molecule has 2 atom stereocenters. The van der Waals surface area contributed by atoms with Crippen LogP contribution in [0, 0.1) is 5.92 Å². The number of allylic oxidation sites excluding steroid dienone is 5. The minimum atomic E-state index is -4.47. The SMILES string of the molecule is CNC(=O)CCC/C=C\C[C@H]1C(=O)CC=C1/C=C/C(O)COc1cccc(C(F)(F)F)c1. The predicted molar refractivity (Wildman–Crippen MR) is 115 cm³/mol. The van der Waals surface area contributed by atoms with Crippen molar-refractivity contribution in [3.05, 3.63) is 65.8 Å². The molecule has 174 valence electrons. The number of halogens is 3. The molecule has 0 heterocycles. The van der Waals surface area contributed by atoms with Crippen LogP contribution in [0.3, 0.4) is 0 Å². The summed E-state index contributed by atoms with van der Waals surface area (Å²) in [6.45, 7) is -0.213. The maximum Gasteiger partial charge on any atom is 0.416 e. The van der Waals surface area contributed by atoms with Crippen LogP contribution < -0.4 is 10.1 Å². The number of aliphatic hydroxyl groups excluding tert-OH is 1. The Labute approximate surface area is 185 Å². The van der Waals surface area contributed by atoms with Gasteiger partial charge in [0.05, 0.1) is 5.56 Å². The van der Waals surface area contributed by atoms with Crippen molar-refractivity contribution in [2.45, 2.75) is 44.4 Å². The zero-order valence-electron chi connectivity index (χ0n) is 17.9. The Bertz CT molecular complexity index is 874. The molecule has 0 fully saturated rings. The number of aliphatic hydroxyl groups is 1. The van der Waals surface area contributed by atoms with E-state index in [4.69, 9.17) is 4.74 Å². The fraction of sp³-hybridized carbons (Fsp3) is 0.417. The van der Waals surface area contributed by atoms with E-state index in [9.17, 15) is 27.9 Å². The average Bonchev–Trinajstić information content (AvgIpc) is 3.11. The summed E-state index contributed by atoms with van der Waals surface area (Å²) in [5.41, 5.74) is -0.0256. The lowest BCUT2D eigenvalue weighted by Gasteiger charge is -2.12. The molecular weight excluding hydrogens is 423 g/mol. The molecule has 0 spiro atoms. The lowest BCUT2D eigenvalue weighted by atomic mass is 9.95. The van der Waals surface area contributed by atoms with E-state index in [0.29, 0.717) is 19.3 Å². The molecule has 32 heavy (non-hydrogen) atoms. The van der Waals surface area contributed by atoms with E-state index < -0.39 is 17.8 Å². The van der Waals surface area contributed by atoms with Crippen LogP contribution in [-0.4, -0.2) is 36.6 Å². The topological polar surface area (TPSA) is 75.6 Å². The molecule has 1 amide bonds. The molecule has 1 unspecified atom stereocenters. The van der Waals surface area contributed by atoms with Gasteiger partial charge < -0.3 is 15.2 Å². The Morgan fingerprint density at radius 1 is 1.34 bits per heavy atom. The fourth-order valence-corrected chi connectivity index (χ4v) is 3.22. The van der Waals surface area contributed by atoms with Gasteiger partial charge in [0, 0.05) is 25.8 Å². The van der Waals surface area contributed by atoms with Crippen molar-refractivity contribution in [1.29, 1.82) is 0 Å². The number of hydrogen-bond donors (Lipinski definition) is 2. The number of benzene rings is 1. The highest BCUT2D eigenvalue weighted by Gasteiger charge is 2.30. The van der Waals surface area contributed by atoms with E-state index in [1.165, 1.54) is 18.2 Å². The highest BCUT2D eigenvalue weighted by Crippen LogP contribution is 2.31. The van der Waals surface area contributed by atoms with Gasteiger partial charge >= 0.3 is 6.18 Å². The predicted octanol–water partition coefficient (Wildman–Crippen LogP) is 4.38. The van der Waals surface area contributed by atoms with Crippen LogP contribution in [-0.2, 0) is 15.8 Å². The number of carbonyl (C=O) groups is 2. The Morgan fingerprint density at radius 3 is 2.84 bits per heavy atom. The quantitative estimate of drug-likeness (QED) is 0.387. The van der Waals surface area contributed by atoms with Crippen LogP contribution in [0.5, 0.6) is 5.75 Å². The van der Waals surface area contributed by atoms with Crippen LogP contribution in [0.15, 0.2) is 60.2 Å². The Hall–Kier alpha value is -2.87. The van der Waals surface area contributed by atoms with E-state index in [2.05, 4.69) is 5.32 Å². The number of ketones is 1. The van der Waals surface area contributed by atoms with Gasteiger partial charge in [-0.15, -0.1) is 0 Å². The highest BCUT2D eigenvalue weighted by atomic mass is 19.4. The number of hydrogen-bond acceptors (Lipinski definition) is 4. The first kappa shape index (κ1) is 25.4.